The van der Waals surface area contributed by atoms with E-state index in [1.54, 1.807) is 13.2 Å². The normalized spacial score (nSPS) is 13.5. The molecule has 112 valence electrons. The van der Waals surface area contributed by atoms with Crippen molar-refractivity contribution in [1.29, 1.82) is 5.26 Å². The summed E-state index contributed by atoms with van der Waals surface area (Å²) in [6.07, 6.45) is 3.70. The van der Waals surface area contributed by atoms with Gasteiger partial charge in [0.15, 0.2) is 0 Å². The summed E-state index contributed by atoms with van der Waals surface area (Å²) in [5.41, 5.74) is 2.42. The van der Waals surface area contributed by atoms with E-state index < -0.39 is 5.82 Å². The minimum absolute atomic E-state index is 0.215. The molecule has 0 radical (unpaired) electrons. The van der Waals surface area contributed by atoms with E-state index in [0.29, 0.717) is 17.3 Å². The van der Waals surface area contributed by atoms with Crippen LogP contribution in [-0.4, -0.2) is 17.0 Å². The Hall–Kier alpha value is -2.68. The van der Waals surface area contributed by atoms with Crippen molar-refractivity contribution in [1.82, 2.24) is 9.97 Å². The molecule has 1 aliphatic rings. The number of aryl methyl sites for hydroxylation is 1. The largest absolute Gasteiger partial charge is 0.373 e. The summed E-state index contributed by atoms with van der Waals surface area (Å²) < 4.78 is 14.3. The molecule has 6 heteroatoms. The molecule has 2 aromatic rings. The van der Waals surface area contributed by atoms with Crippen molar-refractivity contribution in [2.45, 2.75) is 25.7 Å². The SMILES string of the molecule is CNc1nc(Nc2cc(C#N)c(C3CC3)cc2F)ncc1C. The lowest BCUT2D eigenvalue weighted by Crippen LogP contribution is -2.04. The lowest BCUT2D eigenvalue weighted by atomic mass is 10.0. The maximum absolute atomic E-state index is 14.3. The molecule has 0 amide bonds. The third-order valence-electron chi connectivity index (χ3n) is 3.73. The fourth-order valence-electron chi connectivity index (χ4n) is 2.39. The molecule has 1 fully saturated rings. The average Bonchev–Trinajstić information content (AvgIpc) is 3.35. The van der Waals surface area contributed by atoms with E-state index in [1.807, 2.05) is 6.92 Å². The minimum atomic E-state index is -0.393. The van der Waals surface area contributed by atoms with Crippen LogP contribution < -0.4 is 10.6 Å². The molecule has 1 heterocycles. The zero-order chi connectivity index (χ0) is 15.7. The first kappa shape index (κ1) is 14.3. The summed E-state index contributed by atoms with van der Waals surface area (Å²) >= 11 is 0. The Morgan fingerprint density at radius 3 is 2.77 bits per heavy atom. The monoisotopic (exact) mass is 297 g/mol. The van der Waals surface area contributed by atoms with E-state index in [4.69, 9.17) is 0 Å². The molecule has 1 saturated carbocycles. The van der Waals surface area contributed by atoms with Crippen LogP contribution in [0, 0.1) is 24.1 Å². The van der Waals surface area contributed by atoms with Gasteiger partial charge in [0.05, 0.1) is 17.3 Å². The van der Waals surface area contributed by atoms with Gasteiger partial charge in [-0.1, -0.05) is 0 Å². The molecule has 0 atom stereocenters. The highest BCUT2D eigenvalue weighted by Gasteiger charge is 2.27. The Morgan fingerprint density at radius 1 is 1.36 bits per heavy atom. The molecule has 3 rings (SSSR count). The van der Waals surface area contributed by atoms with Crippen molar-refractivity contribution >= 4 is 17.5 Å². The van der Waals surface area contributed by atoms with E-state index in [0.717, 1.165) is 24.0 Å². The van der Waals surface area contributed by atoms with Crippen LogP contribution in [0.4, 0.5) is 21.8 Å². The summed E-state index contributed by atoms with van der Waals surface area (Å²) in [5.74, 6) is 0.894. The Morgan fingerprint density at radius 2 is 2.14 bits per heavy atom. The molecule has 2 N–H and O–H groups in total. The van der Waals surface area contributed by atoms with E-state index in [1.165, 1.54) is 12.1 Å². The van der Waals surface area contributed by atoms with Crippen LogP contribution in [0.1, 0.15) is 35.4 Å². The standard InChI is InChI=1S/C16H16FN5/c1-9-8-20-16(22-15(9)19-2)21-14-5-11(7-18)12(6-13(14)17)10-3-4-10/h5-6,8,10H,3-4H2,1-2H3,(H2,19,20,21,22). The second-order valence-corrected chi connectivity index (χ2v) is 5.41. The highest BCUT2D eigenvalue weighted by atomic mass is 19.1. The van der Waals surface area contributed by atoms with Gasteiger partial charge in [-0.15, -0.1) is 0 Å². The summed E-state index contributed by atoms with van der Waals surface area (Å²) in [6, 6.07) is 5.13. The van der Waals surface area contributed by atoms with Gasteiger partial charge in [-0.25, -0.2) is 9.37 Å². The molecule has 0 spiro atoms. The lowest BCUT2D eigenvalue weighted by molar-refractivity contribution is 0.629. The van der Waals surface area contributed by atoms with Crippen LogP contribution in [0.15, 0.2) is 18.3 Å². The number of hydrogen-bond donors (Lipinski definition) is 2. The molecular formula is C16H16FN5. The number of nitrogens with zero attached hydrogens (tertiary/aromatic N) is 3. The number of halogens is 1. The van der Waals surface area contributed by atoms with Crippen molar-refractivity contribution in [2.24, 2.45) is 0 Å². The molecule has 0 aliphatic heterocycles. The Labute approximate surface area is 128 Å². The molecule has 0 unspecified atom stereocenters. The zero-order valence-corrected chi connectivity index (χ0v) is 12.4. The molecule has 1 aliphatic carbocycles. The van der Waals surface area contributed by atoms with Crippen LogP contribution in [0.2, 0.25) is 0 Å². The van der Waals surface area contributed by atoms with Crippen molar-refractivity contribution in [3.05, 3.63) is 40.8 Å². The lowest BCUT2D eigenvalue weighted by Gasteiger charge is -2.11. The second kappa shape index (κ2) is 5.60. The van der Waals surface area contributed by atoms with Crippen molar-refractivity contribution in [3.63, 3.8) is 0 Å². The fraction of sp³-hybridized carbons (Fsp3) is 0.312. The van der Waals surface area contributed by atoms with Crippen molar-refractivity contribution in [3.8, 4) is 6.07 Å². The van der Waals surface area contributed by atoms with Gasteiger partial charge in [0, 0.05) is 18.8 Å². The van der Waals surface area contributed by atoms with Gasteiger partial charge >= 0.3 is 0 Å². The summed E-state index contributed by atoms with van der Waals surface area (Å²) in [7, 11) is 1.76. The number of hydrogen-bond acceptors (Lipinski definition) is 5. The van der Waals surface area contributed by atoms with Crippen LogP contribution in [0.3, 0.4) is 0 Å². The van der Waals surface area contributed by atoms with Gasteiger partial charge < -0.3 is 10.6 Å². The van der Waals surface area contributed by atoms with Crippen molar-refractivity contribution < 1.29 is 4.39 Å². The number of benzene rings is 1. The predicted molar refractivity (Wildman–Crippen MR) is 82.7 cm³/mol. The molecule has 1 aromatic heterocycles. The number of nitriles is 1. The molecule has 0 bridgehead atoms. The van der Waals surface area contributed by atoms with Gasteiger partial charge in [-0.05, 0) is 43.4 Å². The Kier molecular flexibility index (Phi) is 3.63. The first-order chi connectivity index (χ1) is 10.6. The van der Waals surface area contributed by atoms with E-state index in [2.05, 4.69) is 26.7 Å². The maximum Gasteiger partial charge on any atom is 0.229 e. The van der Waals surface area contributed by atoms with Crippen LogP contribution in [-0.2, 0) is 0 Å². The fourth-order valence-corrected chi connectivity index (χ4v) is 2.39. The third-order valence-corrected chi connectivity index (χ3v) is 3.73. The topological polar surface area (TPSA) is 73.6 Å². The van der Waals surface area contributed by atoms with Gasteiger partial charge in [-0.3, -0.25) is 0 Å². The first-order valence-corrected chi connectivity index (χ1v) is 7.14. The number of nitrogens with one attached hydrogen (secondary N) is 2. The van der Waals surface area contributed by atoms with Crippen LogP contribution in [0.25, 0.3) is 0 Å². The van der Waals surface area contributed by atoms with Gasteiger partial charge in [0.1, 0.15) is 11.6 Å². The van der Waals surface area contributed by atoms with E-state index >= 15 is 0 Å². The highest BCUT2D eigenvalue weighted by molar-refractivity contribution is 5.61. The third kappa shape index (κ3) is 2.70. The summed E-state index contributed by atoms with van der Waals surface area (Å²) in [4.78, 5) is 8.41. The minimum Gasteiger partial charge on any atom is -0.373 e. The smallest absolute Gasteiger partial charge is 0.229 e. The predicted octanol–water partition coefficient (Wildman–Crippen LogP) is 3.46. The van der Waals surface area contributed by atoms with Gasteiger partial charge in [0.2, 0.25) is 5.95 Å². The average molecular weight is 297 g/mol. The van der Waals surface area contributed by atoms with Crippen molar-refractivity contribution in [2.75, 3.05) is 17.7 Å². The summed E-state index contributed by atoms with van der Waals surface area (Å²) in [5, 5.41) is 15.1. The molecule has 22 heavy (non-hydrogen) atoms. The maximum atomic E-state index is 14.3. The highest BCUT2D eigenvalue weighted by Crippen LogP contribution is 2.42. The number of anilines is 3. The van der Waals surface area contributed by atoms with E-state index in [9.17, 15) is 9.65 Å². The quantitative estimate of drug-likeness (QED) is 0.904. The molecule has 0 saturated heterocycles. The van der Waals surface area contributed by atoms with Crippen LogP contribution >= 0.6 is 0 Å². The van der Waals surface area contributed by atoms with Gasteiger partial charge in [0.25, 0.3) is 0 Å². The Bertz CT molecular complexity index is 762. The van der Waals surface area contributed by atoms with Gasteiger partial charge in [-0.2, -0.15) is 10.2 Å². The van der Waals surface area contributed by atoms with Crippen LogP contribution in [0.5, 0.6) is 0 Å². The Balaban J connectivity index is 1.94. The number of aromatic nitrogens is 2. The molecule has 5 nitrogen and oxygen atoms in total. The number of rotatable bonds is 4. The molecular weight excluding hydrogens is 281 g/mol. The van der Waals surface area contributed by atoms with E-state index in [-0.39, 0.29) is 11.6 Å². The first-order valence-electron chi connectivity index (χ1n) is 7.14. The molecule has 1 aromatic carbocycles. The zero-order valence-electron chi connectivity index (χ0n) is 12.4. The summed E-state index contributed by atoms with van der Waals surface area (Å²) in [6.45, 7) is 1.88. The second-order valence-electron chi connectivity index (χ2n) is 5.41.